The SMILES string of the molecule is CC.CCCCC1CCC[NH+]1CC.O=C(O)CCC(=O)O. The third kappa shape index (κ3) is 13.6. The Balaban J connectivity index is 0. The van der Waals surface area contributed by atoms with E-state index in [0.717, 1.165) is 6.04 Å². The van der Waals surface area contributed by atoms with Crippen LogP contribution in [0, 0.1) is 0 Å². The Morgan fingerprint density at radius 2 is 1.62 bits per heavy atom. The number of nitrogens with one attached hydrogen (secondary N) is 1. The Hall–Kier alpha value is -1.10. The van der Waals surface area contributed by atoms with Crippen LogP contribution >= 0.6 is 0 Å². The molecular formula is C16H34NO4+. The van der Waals surface area contributed by atoms with Crippen LogP contribution < -0.4 is 4.90 Å². The summed E-state index contributed by atoms with van der Waals surface area (Å²) >= 11 is 0. The minimum absolute atomic E-state index is 0.296. The molecule has 1 saturated heterocycles. The van der Waals surface area contributed by atoms with Crippen molar-refractivity contribution >= 4 is 11.9 Å². The van der Waals surface area contributed by atoms with Gasteiger partial charge in [0.2, 0.25) is 0 Å². The number of quaternary nitrogens is 1. The number of likely N-dealkylation sites (tertiary alicyclic amines) is 1. The summed E-state index contributed by atoms with van der Waals surface area (Å²) < 4.78 is 0. The van der Waals surface area contributed by atoms with Crippen LogP contribution in [0.1, 0.15) is 72.6 Å². The van der Waals surface area contributed by atoms with Crippen molar-refractivity contribution in [3.8, 4) is 0 Å². The van der Waals surface area contributed by atoms with Crippen molar-refractivity contribution in [2.24, 2.45) is 0 Å². The monoisotopic (exact) mass is 304 g/mol. The number of rotatable bonds is 7. The fourth-order valence-corrected chi connectivity index (χ4v) is 2.46. The minimum Gasteiger partial charge on any atom is -0.481 e. The van der Waals surface area contributed by atoms with Crippen molar-refractivity contribution in [1.82, 2.24) is 0 Å². The Morgan fingerprint density at radius 1 is 1.10 bits per heavy atom. The van der Waals surface area contributed by atoms with Crippen LogP contribution in [0.3, 0.4) is 0 Å². The summed E-state index contributed by atoms with van der Waals surface area (Å²) in [6.07, 6.45) is 6.65. The molecule has 0 spiro atoms. The third-order valence-electron chi connectivity index (χ3n) is 3.54. The van der Waals surface area contributed by atoms with Crippen LogP contribution in [0.15, 0.2) is 0 Å². The number of hydrogen-bond donors (Lipinski definition) is 3. The molecule has 5 nitrogen and oxygen atoms in total. The maximum Gasteiger partial charge on any atom is 0.303 e. The van der Waals surface area contributed by atoms with Crippen LogP contribution in [-0.4, -0.2) is 41.3 Å². The van der Waals surface area contributed by atoms with Crippen LogP contribution in [0.25, 0.3) is 0 Å². The summed E-state index contributed by atoms with van der Waals surface area (Å²) in [6.45, 7) is 11.4. The van der Waals surface area contributed by atoms with Crippen molar-refractivity contribution in [2.45, 2.75) is 78.7 Å². The lowest BCUT2D eigenvalue weighted by Gasteiger charge is -2.19. The molecule has 1 fully saturated rings. The lowest BCUT2D eigenvalue weighted by Crippen LogP contribution is -3.13. The van der Waals surface area contributed by atoms with E-state index in [1.807, 2.05) is 18.7 Å². The van der Waals surface area contributed by atoms with Gasteiger partial charge in [0.25, 0.3) is 0 Å². The van der Waals surface area contributed by atoms with Gasteiger partial charge in [0.1, 0.15) is 0 Å². The smallest absolute Gasteiger partial charge is 0.303 e. The number of carboxylic acid groups (broad SMARTS) is 2. The zero-order chi connectivity index (χ0) is 16.7. The summed E-state index contributed by atoms with van der Waals surface area (Å²) in [5.74, 6) is -2.15. The molecule has 0 aromatic carbocycles. The van der Waals surface area contributed by atoms with Gasteiger partial charge in [-0.1, -0.05) is 27.2 Å². The highest BCUT2D eigenvalue weighted by molar-refractivity contribution is 5.75. The van der Waals surface area contributed by atoms with Gasteiger partial charge in [-0.3, -0.25) is 9.59 Å². The van der Waals surface area contributed by atoms with Crippen molar-refractivity contribution < 1.29 is 24.7 Å². The zero-order valence-corrected chi connectivity index (χ0v) is 14.2. The summed E-state index contributed by atoms with van der Waals surface area (Å²) in [7, 11) is 0. The van der Waals surface area contributed by atoms with E-state index in [1.165, 1.54) is 45.2 Å². The first kappa shape index (κ1) is 22.2. The average molecular weight is 304 g/mol. The molecule has 1 aliphatic rings. The van der Waals surface area contributed by atoms with Crippen molar-refractivity contribution in [3.63, 3.8) is 0 Å². The van der Waals surface area contributed by atoms with Gasteiger partial charge in [0.15, 0.2) is 0 Å². The van der Waals surface area contributed by atoms with E-state index >= 15 is 0 Å². The van der Waals surface area contributed by atoms with Crippen LogP contribution in [-0.2, 0) is 9.59 Å². The summed E-state index contributed by atoms with van der Waals surface area (Å²) in [4.78, 5) is 21.1. The summed E-state index contributed by atoms with van der Waals surface area (Å²) in [5, 5.41) is 15.8. The summed E-state index contributed by atoms with van der Waals surface area (Å²) in [5.41, 5.74) is 0. The minimum atomic E-state index is -1.08. The molecule has 1 rings (SSSR count). The van der Waals surface area contributed by atoms with E-state index in [2.05, 4.69) is 13.8 Å². The highest BCUT2D eigenvalue weighted by Gasteiger charge is 2.25. The molecule has 0 aliphatic carbocycles. The second kappa shape index (κ2) is 15.3. The topological polar surface area (TPSA) is 79.0 Å². The van der Waals surface area contributed by atoms with E-state index in [0.29, 0.717) is 0 Å². The lowest BCUT2D eigenvalue weighted by molar-refractivity contribution is -0.910. The van der Waals surface area contributed by atoms with Gasteiger partial charge in [-0.25, -0.2) is 0 Å². The van der Waals surface area contributed by atoms with E-state index in [4.69, 9.17) is 10.2 Å². The number of hydrogen-bond acceptors (Lipinski definition) is 2. The quantitative estimate of drug-likeness (QED) is 0.674. The van der Waals surface area contributed by atoms with Crippen LogP contribution in [0.4, 0.5) is 0 Å². The third-order valence-corrected chi connectivity index (χ3v) is 3.54. The number of aliphatic carboxylic acids is 2. The van der Waals surface area contributed by atoms with Crippen LogP contribution in [0.5, 0.6) is 0 Å². The number of carboxylic acids is 2. The number of carbonyl (C=O) groups is 2. The average Bonchev–Trinajstić information content (AvgIpc) is 2.93. The predicted octanol–water partition coefficient (Wildman–Crippen LogP) is 2.21. The molecule has 1 aliphatic heterocycles. The molecule has 0 amide bonds. The molecule has 0 saturated carbocycles. The molecule has 5 heteroatoms. The van der Waals surface area contributed by atoms with E-state index in [-0.39, 0.29) is 12.8 Å². The first-order chi connectivity index (χ1) is 10.0. The second-order valence-corrected chi connectivity index (χ2v) is 5.03. The molecule has 0 bridgehead atoms. The second-order valence-electron chi connectivity index (χ2n) is 5.03. The molecule has 0 aromatic rings. The fraction of sp³-hybridized carbons (Fsp3) is 0.875. The van der Waals surface area contributed by atoms with E-state index in [9.17, 15) is 9.59 Å². The number of unbranched alkanes of at least 4 members (excludes halogenated alkanes) is 1. The molecule has 2 atom stereocenters. The maximum atomic E-state index is 9.64. The van der Waals surface area contributed by atoms with Gasteiger partial charge in [0.05, 0.1) is 32.0 Å². The first-order valence-electron chi connectivity index (χ1n) is 8.29. The molecule has 1 heterocycles. The molecule has 2 unspecified atom stereocenters. The molecule has 3 N–H and O–H groups in total. The van der Waals surface area contributed by atoms with Gasteiger partial charge in [-0.05, 0) is 19.8 Å². The largest absolute Gasteiger partial charge is 0.481 e. The standard InChI is InChI=1S/C10H21N.C4H6O4.C2H6/c1-3-5-7-10-8-6-9-11(10)4-2;5-3(6)1-2-4(7)8;1-2/h10H,3-9H2,1-2H3;1-2H2,(H,5,6)(H,7,8);1-2H3/p+1. The van der Waals surface area contributed by atoms with Crippen molar-refractivity contribution in [2.75, 3.05) is 13.1 Å². The van der Waals surface area contributed by atoms with Gasteiger partial charge in [0, 0.05) is 12.8 Å². The first-order valence-corrected chi connectivity index (χ1v) is 8.29. The van der Waals surface area contributed by atoms with Gasteiger partial charge in [-0.2, -0.15) is 0 Å². The maximum absolute atomic E-state index is 9.64. The van der Waals surface area contributed by atoms with E-state index in [1.54, 1.807) is 0 Å². The van der Waals surface area contributed by atoms with Crippen molar-refractivity contribution in [1.29, 1.82) is 0 Å². The Bertz CT molecular complexity index is 255. The molecular weight excluding hydrogens is 270 g/mol. The summed E-state index contributed by atoms with van der Waals surface area (Å²) in [6, 6.07) is 1.01. The van der Waals surface area contributed by atoms with Gasteiger partial charge < -0.3 is 15.1 Å². The highest BCUT2D eigenvalue weighted by Crippen LogP contribution is 2.07. The fourth-order valence-electron chi connectivity index (χ4n) is 2.46. The highest BCUT2D eigenvalue weighted by atomic mass is 16.4. The molecule has 21 heavy (non-hydrogen) atoms. The lowest BCUT2D eigenvalue weighted by atomic mass is 10.1. The van der Waals surface area contributed by atoms with E-state index < -0.39 is 11.9 Å². The van der Waals surface area contributed by atoms with Crippen LogP contribution in [0.2, 0.25) is 0 Å². The van der Waals surface area contributed by atoms with Crippen molar-refractivity contribution in [3.05, 3.63) is 0 Å². The Morgan fingerprint density at radius 3 is 2.00 bits per heavy atom. The Labute approximate surface area is 129 Å². The Kier molecular flexibility index (Phi) is 16.2. The molecule has 0 radical (unpaired) electrons. The molecule has 126 valence electrons. The zero-order valence-electron chi connectivity index (χ0n) is 14.2. The normalized spacial score (nSPS) is 19.8. The van der Waals surface area contributed by atoms with Gasteiger partial charge >= 0.3 is 11.9 Å². The van der Waals surface area contributed by atoms with Gasteiger partial charge in [-0.15, -0.1) is 0 Å². The molecule has 0 aromatic heterocycles. The predicted molar refractivity (Wildman–Crippen MR) is 84.8 cm³/mol.